The Hall–Kier alpha value is -2.86. The van der Waals surface area contributed by atoms with Crippen LogP contribution in [-0.4, -0.2) is 34.2 Å². The molecule has 0 aliphatic rings. The van der Waals surface area contributed by atoms with Crippen molar-refractivity contribution in [2.75, 3.05) is 6.54 Å². The van der Waals surface area contributed by atoms with Gasteiger partial charge in [-0.3, -0.25) is 9.59 Å². The summed E-state index contributed by atoms with van der Waals surface area (Å²) in [5, 5.41) is 0. The summed E-state index contributed by atoms with van der Waals surface area (Å²) in [6.45, 7) is 6.88. The van der Waals surface area contributed by atoms with Gasteiger partial charge in [0.05, 0.1) is 12.8 Å². The molecule has 0 N–H and O–H groups in total. The van der Waals surface area contributed by atoms with E-state index in [1.807, 2.05) is 49.1 Å². The van der Waals surface area contributed by atoms with Crippen LogP contribution < -0.4 is 0 Å². The molecule has 5 nitrogen and oxygen atoms in total. The minimum absolute atomic E-state index is 0.00832. The smallest absolute Gasteiger partial charge is 0.290 e. The van der Waals surface area contributed by atoms with Crippen LogP contribution in [0.2, 0.25) is 0 Å². The van der Waals surface area contributed by atoms with Crippen molar-refractivity contribution in [3.63, 3.8) is 0 Å². The Morgan fingerprint density at radius 3 is 2.34 bits per heavy atom. The first-order valence-corrected chi connectivity index (χ1v) is 10.5. The van der Waals surface area contributed by atoms with Gasteiger partial charge in [0.25, 0.3) is 5.91 Å². The van der Waals surface area contributed by atoms with Gasteiger partial charge >= 0.3 is 0 Å². The van der Waals surface area contributed by atoms with Gasteiger partial charge in [-0.2, -0.15) is 0 Å². The summed E-state index contributed by atoms with van der Waals surface area (Å²) >= 11 is 1.68. The molecule has 0 saturated heterocycles. The van der Waals surface area contributed by atoms with Gasteiger partial charge in [0.15, 0.2) is 5.76 Å². The normalized spacial score (nSPS) is 10.9. The molecule has 0 fully saturated rings. The molecule has 0 spiro atoms. The molecule has 0 aliphatic heterocycles. The lowest BCUT2D eigenvalue weighted by atomic mass is 10.2. The van der Waals surface area contributed by atoms with E-state index < -0.39 is 0 Å². The largest absolute Gasteiger partial charge is 0.459 e. The van der Waals surface area contributed by atoms with E-state index in [0.29, 0.717) is 13.1 Å². The van der Waals surface area contributed by atoms with Crippen LogP contribution in [0.4, 0.5) is 0 Å². The fourth-order valence-corrected chi connectivity index (χ4v) is 3.98. The highest BCUT2D eigenvalue weighted by molar-refractivity contribution is 7.11. The fourth-order valence-electron chi connectivity index (χ4n) is 3.07. The van der Waals surface area contributed by atoms with Gasteiger partial charge in [-0.15, -0.1) is 11.3 Å². The van der Waals surface area contributed by atoms with E-state index in [2.05, 4.69) is 19.1 Å². The second-order valence-corrected chi connectivity index (χ2v) is 8.62. The molecule has 29 heavy (non-hydrogen) atoms. The minimum Gasteiger partial charge on any atom is -0.459 e. The summed E-state index contributed by atoms with van der Waals surface area (Å²) in [7, 11) is 0. The summed E-state index contributed by atoms with van der Waals surface area (Å²) < 4.78 is 5.25. The molecule has 0 atom stereocenters. The van der Waals surface area contributed by atoms with Gasteiger partial charge in [-0.05, 0) is 50.6 Å². The van der Waals surface area contributed by atoms with E-state index in [0.717, 1.165) is 10.4 Å². The number of benzene rings is 1. The molecule has 152 valence electrons. The zero-order chi connectivity index (χ0) is 20.8. The van der Waals surface area contributed by atoms with Gasteiger partial charge < -0.3 is 14.2 Å². The van der Waals surface area contributed by atoms with Crippen molar-refractivity contribution in [3.05, 3.63) is 81.9 Å². The monoisotopic (exact) mass is 410 g/mol. The molecule has 2 aromatic heterocycles. The van der Waals surface area contributed by atoms with Crippen molar-refractivity contribution in [2.45, 2.75) is 39.9 Å². The summed E-state index contributed by atoms with van der Waals surface area (Å²) in [4.78, 5) is 31.7. The highest BCUT2D eigenvalue weighted by Crippen LogP contribution is 2.19. The lowest BCUT2D eigenvalue weighted by Crippen LogP contribution is -2.45. The standard InChI is InChI=1S/C23H26N2O3S/c1-17(2)25(23(27)21-10-7-13-28-21)16-22(26)24(14-19-8-5-4-6-9-19)15-20-12-11-18(3)29-20/h4-13,17H,14-16H2,1-3H3. The molecule has 0 saturated carbocycles. The van der Waals surface area contributed by atoms with Crippen molar-refractivity contribution in [1.29, 1.82) is 0 Å². The van der Waals surface area contributed by atoms with E-state index in [1.54, 1.807) is 28.4 Å². The summed E-state index contributed by atoms with van der Waals surface area (Å²) in [6.07, 6.45) is 1.47. The highest BCUT2D eigenvalue weighted by Gasteiger charge is 2.26. The first-order chi connectivity index (χ1) is 13.9. The molecular weight excluding hydrogens is 384 g/mol. The number of amides is 2. The van der Waals surface area contributed by atoms with Crippen molar-refractivity contribution < 1.29 is 14.0 Å². The van der Waals surface area contributed by atoms with Crippen LogP contribution in [0.15, 0.2) is 65.3 Å². The number of carbonyl (C=O) groups is 2. The maximum Gasteiger partial charge on any atom is 0.290 e. The maximum absolute atomic E-state index is 13.3. The Kier molecular flexibility index (Phi) is 6.88. The Morgan fingerprint density at radius 1 is 1.00 bits per heavy atom. The minimum atomic E-state index is -0.273. The third kappa shape index (κ3) is 5.57. The van der Waals surface area contributed by atoms with E-state index in [4.69, 9.17) is 4.42 Å². The zero-order valence-electron chi connectivity index (χ0n) is 17.0. The lowest BCUT2D eigenvalue weighted by Gasteiger charge is -2.29. The van der Waals surface area contributed by atoms with Gasteiger partial charge in [0, 0.05) is 22.3 Å². The third-order valence-corrected chi connectivity index (χ3v) is 5.62. The molecule has 0 aliphatic carbocycles. The van der Waals surface area contributed by atoms with Crippen LogP contribution >= 0.6 is 11.3 Å². The van der Waals surface area contributed by atoms with E-state index in [9.17, 15) is 9.59 Å². The Balaban J connectivity index is 1.79. The Bertz CT molecular complexity index is 932. The molecule has 2 amide bonds. The lowest BCUT2D eigenvalue weighted by molar-refractivity contribution is -0.133. The van der Waals surface area contributed by atoms with Crippen LogP contribution in [0.25, 0.3) is 0 Å². The molecule has 2 heterocycles. The highest BCUT2D eigenvalue weighted by atomic mass is 32.1. The zero-order valence-corrected chi connectivity index (χ0v) is 17.8. The van der Waals surface area contributed by atoms with Crippen molar-refractivity contribution >= 4 is 23.2 Å². The SMILES string of the molecule is Cc1ccc(CN(Cc2ccccc2)C(=O)CN(C(=O)c2ccco2)C(C)C)s1. The van der Waals surface area contributed by atoms with Crippen LogP contribution in [0.3, 0.4) is 0 Å². The average Bonchev–Trinajstić information content (AvgIpc) is 3.37. The number of hydrogen-bond acceptors (Lipinski definition) is 4. The predicted octanol–water partition coefficient (Wildman–Crippen LogP) is 4.73. The van der Waals surface area contributed by atoms with E-state index in [1.165, 1.54) is 11.1 Å². The van der Waals surface area contributed by atoms with Gasteiger partial charge in [0.1, 0.15) is 6.54 Å². The van der Waals surface area contributed by atoms with Crippen LogP contribution in [0, 0.1) is 6.92 Å². The molecule has 3 rings (SSSR count). The first-order valence-electron chi connectivity index (χ1n) is 9.65. The number of nitrogens with zero attached hydrogens (tertiary/aromatic N) is 2. The number of carbonyl (C=O) groups excluding carboxylic acids is 2. The predicted molar refractivity (Wildman–Crippen MR) is 115 cm³/mol. The molecular formula is C23H26N2O3S. The summed E-state index contributed by atoms with van der Waals surface area (Å²) in [5.74, 6) is -0.117. The van der Waals surface area contributed by atoms with E-state index >= 15 is 0 Å². The van der Waals surface area contributed by atoms with Gasteiger partial charge in [-0.1, -0.05) is 30.3 Å². The van der Waals surface area contributed by atoms with Crippen LogP contribution in [-0.2, 0) is 17.9 Å². The Morgan fingerprint density at radius 2 is 1.76 bits per heavy atom. The topological polar surface area (TPSA) is 53.8 Å². The third-order valence-electron chi connectivity index (χ3n) is 4.63. The number of thiophene rings is 1. The molecule has 3 aromatic rings. The quantitative estimate of drug-likeness (QED) is 0.539. The van der Waals surface area contributed by atoms with Crippen molar-refractivity contribution in [2.24, 2.45) is 0 Å². The average molecular weight is 411 g/mol. The summed E-state index contributed by atoms with van der Waals surface area (Å²) in [6, 6.07) is 17.2. The van der Waals surface area contributed by atoms with Gasteiger partial charge in [0.2, 0.25) is 5.91 Å². The first kappa shape index (κ1) is 20.9. The second-order valence-electron chi connectivity index (χ2n) is 7.25. The molecule has 0 unspecified atom stereocenters. The number of rotatable bonds is 8. The number of aryl methyl sites for hydroxylation is 1. The van der Waals surface area contributed by atoms with Crippen molar-refractivity contribution in [3.8, 4) is 0 Å². The fraction of sp³-hybridized carbons (Fsp3) is 0.304. The second kappa shape index (κ2) is 9.56. The summed E-state index contributed by atoms with van der Waals surface area (Å²) in [5.41, 5.74) is 1.06. The van der Waals surface area contributed by atoms with Crippen LogP contribution in [0.1, 0.15) is 39.7 Å². The molecule has 0 radical (unpaired) electrons. The Labute approximate surface area is 175 Å². The molecule has 0 bridgehead atoms. The molecule has 1 aromatic carbocycles. The number of hydrogen-bond donors (Lipinski definition) is 0. The van der Waals surface area contributed by atoms with Crippen LogP contribution in [0.5, 0.6) is 0 Å². The molecule has 6 heteroatoms. The van der Waals surface area contributed by atoms with E-state index in [-0.39, 0.29) is 30.2 Å². The van der Waals surface area contributed by atoms with Gasteiger partial charge in [-0.25, -0.2) is 0 Å². The number of furan rings is 1. The van der Waals surface area contributed by atoms with Crippen molar-refractivity contribution in [1.82, 2.24) is 9.80 Å². The maximum atomic E-state index is 13.3.